The third-order valence-electron chi connectivity index (χ3n) is 8.67. The second-order valence-corrected chi connectivity index (χ2v) is 12.5. The van der Waals surface area contributed by atoms with Crippen LogP contribution in [-0.2, 0) is 53.8 Å². The van der Waals surface area contributed by atoms with Crippen LogP contribution in [-0.4, -0.2) is 43.5 Å². The van der Waals surface area contributed by atoms with Gasteiger partial charge in [0.1, 0.15) is 0 Å². The Morgan fingerprint density at radius 2 is 1.20 bits per heavy atom. The van der Waals surface area contributed by atoms with Gasteiger partial charge < -0.3 is 19.7 Å². The molecule has 0 fully saturated rings. The maximum Gasteiger partial charge on any atom is 0.416 e. The van der Waals surface area contributed by atoms with Crippen LogP contribution in [0.2, 0.25) is 0 Å². The van der Waals surface area contributed by atoms with Crippen LogP contribution in [0.1, 0.15) is 55.4 Å². The van der Waals surface area contributed by atoms with E-state index in [1.165, 1.54) is 24.3 Å². The molecular weight excluding hydrogens is 742 g/mol. The summed E-state index contributed by atoms with van der Waals surface area (Å²) in [5.74, 6) is -0.782. The summed E-state index contributed by atoms with van der Waals surface area (Å²) in [5.41, 5.74) is 5.13. The average molecular weight is 783 g/mol. The van der Waals surface area contributed by atoms with E-state index >= 15 is 0 Å². The van der Waals surface area contributed by atoms with Crippen molar-refractivity contribution in [2.75, 3.05) is 30.0 Å². The first kappa shape index (κ1) is 42.8. The fraction of sp³-hybridized carbons (Fsp3) is 0.286. The molecule has 0 spiro atoms. The number of nitrogens with zero attached hydrogens (tertiary/aromatic N) is 1. The molecule has 8 nitrogen and oxygen atoms in total. The lowest BCUT2D eigenvalue weighted by Crippen LogP contribution is -2.36. The van der Waals surface area contributed by atoms with Gasteiger partial charge in [0.05, 0.1) is 30.8 Å². The number of rotatable bonds is 8. The van der Waals surface area contributed by atoms with Crippen molar-refractivity contribution in [3.63, 3.8) is 0 Å². The Labute approximate surface area is 320 Å². The van der Waals surface area contributed by atoms with Crippen molar-refractivity contribution in [1.82, 2.24) is 0 Å². The summed E-state index contributed by atoms with van der Waals surface area (Å²) in [4.78, 5) is 46.8. The molecule has 0 atom stereocenters. The van der Waals surface area contributed by atoms with Crippen LogP contribution in [0.15, 0.2) is 97.6 Å². The highest BCUT2D eigenvalue weighted by molar-refractivity contribution is 5.97. The summed E-state index contributed by atoms with van der Waals surface area (Å²) < 4.78 is 85.2. The van der Waals surface area contributed by atoms with E-state index in [9.17, 15) is 45.5 Å². The molecule has 14 heteroatoms. The number of esters is 2. The number of hydrogen-bond donors (Lipinski definition) is 1. The molecule has 0 radical (unpaired) electrons. The van der Waals surface area contributed by atoms with E-state index in [4.69, 9.17) is 4.74 Å². The molecule has 296 valence electrons. The van der Waals surface area contributed by atoms with Gasteiger partial charge in [0.25, 0.3) is 0 Å². The standard InChI is InChI=1S/C21H20F3NO3.C16H12F3NO.C5H8O2/c1-2-28-20(27)11-12-25-18-9-5-15(13-16(18)6-10-19(25)26)14-3-7-17(8-4-14)21(22,23)24;17-16(18,19)13-5-1-10(2-6-13)11-3-7-14-12(9-11)4-8-15(21)20-14;1-3-5(6)7-4-2/h3-5,7-9,13H,2,6,10-12H2,1H3;1-3,5-7,9H,4,8H2,(H,20,21);3H,1,4H2,2H3. The van der Waals surface area contributed by atoms with Crippen molar-refractivity contribution in [2.45, 2.75) is 58.3 Å². The predicted octanol–water partition coefficient (Wildman–Crippen LogP) is 9.60. The zero-order valence-electron chi connectivity index (χ0n) is 30.7. The SMILES string of the molecule is C=CC(=O)OCC.CCOC(=O)CCN1C(=O)CCc2cc(-c3ccc(C(F)(F)F)cc3)ccc21.O=C1CCc2cc(-c3ccc(C(F)(F)F)cc3)ccc2N1. The van der Waals surface area contributed by atoms with Crippen LogP contribution in [0.25, 0.3) is 22.3 Å². The zero-order chi connectivity index (χ0) is 41.0. The lowest BCUT2D eigenvalue weighted by molar-refractivity contribution is -0.143. The highest BCUT2D eigenvalue weighted by atomic mass is 19.4. The summed E-state index contributed by atoms with van der Waals surface area (Å²) in [5, 5.41) is 2.78. The van der Waals surface area contributed by atoms with E-state index in [1.54, 1.807) is 43.0 Å². The fourth-order valence-electron chi connectivity index (χ4n) is 5.89. The first-order valence-electron chi connectivity index (χ1n) is 17.7. The van der Waals surface area contributed by atoms with E-state index in [0.717, 1.165) is 69.5 Å². The number of ether oxygens (including phenoxy) is 2. The van der Waals surface area contributed by atoms with Crippen molar-refractivity contribution >= 4 is 35.1 Å². The van der Waals surface area contributed by atoms with Gasteiger partial charge in [-0.3, -0.25) is 14.4 Å². The number of aryl methyl sites for hydroxylation is 2. The number of benzene rings is 4. The summed E-state index contributed by atoms with van der Waals surface area (Å²) in [7, 11) is 0. The monoisotopic (exact) mass is 782 g/mol. The molecule has 0 bridgehead atoms. The molecule has 2 aliphatic rings. The van der Waals surface area contributed by atoms with Crippen molar-refractivity contribution < 1.29 is 55.0 Å². The Balaban J connectivity index is 0.000000218. The van der Waals surface area contributed by atoms with Gasteiger partial charge in [0, 0.05) is 36.8 Å². The summed E-state index contributed by atoms with van der Waals surface area (Å²) in [6.07, 6.45) is -5.47. The van der Waals surface area contributed by atoms with Crippen LogP contribution >= 0.6 is 0 Å². The Bertz CT molecular complexity index is 2030. The van der Waals surface area contributed by atoms with Crippen LogP contribution in [0.3, 0.4) is 0 Å². The Morgan fingerprint density at radius 3 is 1.70 bits per heavy atom. The first-order valence-corrected chi connectivity index (χ1v) is 17.7. The van der Waals surface area contributed by atoms with Gasteiger partial charge in [-0.2, -0.15) is 26.3 Å². The van der Waals surface area contributed by atoms with Crippen LogP contribution < -0.4 is 10.2 Å². The molecule has 0 aliphatic carbocycles. The van der Waals surface area contributed by atoms with Gasteiger partial charge in [-0.05, 0) is 109 Å². The number of amides is 2. The van der Waals surface area contributed by atoms with Gasteiger partial charge in [-0.25, -0.2) is 4.79 Å². The van der Waals surface area contributed by atoms with E-state index in [-0.39, 0.29) is 36.7 Å². The van der Waals surface area contributed by atoms with Gasteiger partial charge in [-0.15, -0.1) is 0 Å². The van der Waals surface area contributed by atoms with Crippen LogP contribution in [0, 0.1) is 0 Å². The second-order valence-electron chi connectivity index (χ2n) is 12.5. The maximum atomic E-state index is 12.7. The van der Waals surface area contributed by atoms with Crippen molar-refractivity contribution in [3.05, 3.63) is 120 Å². The maximum absolute atomic E-state index is 12.7. The molecule has 0 unspecified atom stereocenters. The zero-order valence-corrected chi connectivity index (χ0v) is 30.7. The molecule has 0 aromatic heterocycles. The van der Waals surface area contributed by atoms with Gasteiger partial charge in [-0.1, -0.05) is 43.0 Å². The largest absolute Gasteiger partial charge is 0.466 e. The Kier molecular flexibility index (Phi) is 14.6. The predicted molar refractivity (Wildman–Crippen MR) is 199 cm³/mol. The number of nitrogens with one attached hydrogen (secondary N) is 1. The molecule has 2 aliphatic heterocycles. The minimum atomic E-state index is -4.37. The number of fused-ring (bicyclic) bond motifs is 2. The molecular formula is C42H40F6N2O6. The van der Waals surface area contributed by atoms with Crippen molar-refractivity contribution in [2.24, 2.45) is 0 Å². The lowest BCUT2D eigenvalue weighted by atomic mass is 9.95. The number of alkyl halides is 6. The molecule has 56 heavy (non-hydrogen) atoms. The number of halogens is 6. The molecule has 0 saturated heterocycles. The van der Waals surface area contributed by atoms with Gasteiger partial charge >= 0.3 is 24.3 Å². The smallest absolute Gasteiger partial charge is 0.416 e. The number of anilines is 2. The van der Waals surface area contributed by atoms with E-state index in [0.29, 0.717) is 44.5 Å². The molecule has 6 rings (SSSR count). The van der Waals surface area contributed by atoms with Gasteiger partial charge in [0.15, 0.2) is 0 Å². The third-order valence-corrected chi connectivity index (χ3v) is 8.67. The normalized spacial score (nSPS) is 13.4. The quantitative estimate of drug-likeness (QED) is 0.109. The Hall–Kier alpha value is -5.92. The highest BCUT2D eigenvalue weighted by Gasteiger charge is 2.31. The number of carbonyl (C=O) groups is 4. The number of carbonyl (C=O) groups excluding carboxylic acids is 4. The molecule has 4 aromatic carbocycles. The summed E-state index contributed by atoms with van der Waals surface area (Å²) in [6.45, 7) is 7.63. The van der Waals surface area contributed by atoms with Gasteiger partial charge in [0.2, 0.25) is 11.8 Å². The topological polar surface area (TPSA) is 102 Å². The fourth-order valence-corrected chi connectivity index (χ4v) is 5.89. The minimum absolute atomic E-state index is 0.00946. The number of hydrogen-bond acceptors (Lipinski definition) is 6. The van der Waals surface area contributed by atoms with Crippen molar-refractivity contribution in [1.29, 1.82) is 0 Å². The molecule has 2 amide bonds. The van der Waals surface area contributed by atoms with E-state index in [1.807, 2.05) is 12.1 Å². The van der Waals surface area contributed by atoms with E-state index in [2.05, 4.69) is 16.6 Å². The molecule has 2 heterocycles. The van der Waals surface area contributed by atoms with Crippen molar-refractivity contribution in [3.8, 4) is 22.3 Å². The van der Waals surface area contributed by atoms with Crippen LogP contribution in [0.4, 0.5) is 37.7 Å². The Morgan fingerprint density at radius 1 is 0.696 bits per heavy atom. The summed E-state index contributed by atoms with van der Waals surface area (Å²) in [6, 6.07) is 21.0. The highest BCUT2D eigenvalue weighted by Crippen LogP contribution is 2.35. The molecule has 0 saturated carbocycles. The second kappa shape index (κ2) is 19.1. The first-order chi connectivity index (χ1) is 26.5. The average Bonchev–Trinajstić information content (AvgIpc) is 3.17. The van der Waals surface area contributed by atoms with E-state index < -0.39 is 23.5 Å². The molecule has 4 aromatic rings. The minimum Gasteiger partial charge on any atom is -0.466 e. The third kappa shape index (κ3) is 11.8. The summed E-state index contributed by atoms with van der Waals surface area (Å²) >= 11 is 0. The molecule has 1 N–H and O–H groups in total. The van der Waals surface area contributed by atoms with Crippen LogP contribution in [0.5, 0.6) is 0 Å². The lowest BCUT2D eigenvalue weighted by Gasteiger charge is -2.29.